The number of aromatic nitrogens is 1. The first-order valence-electron chi connectivity index (χ1n) is 10.8. The highest BCUT2D eigenvalue weighted by Gasteiger charge is 2.25. The Morgan fingerprint density at radius 2 is 1.97 bits per heavy atom. The van der Waals surface area contributed by atoms with Crippen LogP contribution in [0.1, 0.15) is 23.2 Å². The molecular formula is C22H25BrF2N4O4. The summed E-state index contributed by atoms with van der Waals surface area (Å²) < 4.78 is 36.6. The lowest BCUT2D eigenvalue weighted by Crippen LogP contribution is -2.40. The monoisotopic (exact) mass is 526 g/mol. The number of rotatable bonds is 9. The topological polar surface area (TPSA) is 84.8 Å². The van der Waals surface area contributed by atoms with E-state index in [2.05, 4.69) is 31.6 Å². The lowest BCUT2D eigenvalue weighted by atomic mass is 10.2. The summed E-state index contributed by atoms with van der Waals surface area (Å²) in [7, 11) is 0. The Kier molecular flexibility index (Phi) is 7.74. The lowest BCUT2D eigenvalue weighted by Gasteiger charge is -2.26. The number of morpholine rings is 1. The fraction of sp³-hybridized carbons (Fsp3) is 0.455. The first-order valence-corrected chi connectivity index (χ1v) is 11.6. The molecule has 0 spiro atoms. The van der Waals surface area contributed by atoms with Gasteiger partial charge < -0.3 is 14.6 Å². The van der Waals surface area contributed by atoms with Crippen molar-refractivity contribution in [3.63, 3.8) is 0 Å². The van der Waals surface area contributed by atoms with Crippen molar-refractivity contribution in [2.75, 3.05) is 44.8 Å². The second kappa shape index (κ2) is 10.7. The molecule has 2 heterocycles. The molecule has 1 aromatic carbocycles. The Balaban J connectivity index is 1.61. The van der Waals surface area contributed by atoms with E-state index in [1.165, 1.54) is 18.3 Å². The third-order valence-electron chi connectivity index (χ3n) is 5.60. The Hall–Kier alpha value is -2.34. The van der Waals surface area contributed by atoms with Gasteiger partial charge in [-0.2, -0.15) is 4.39 Å². The molecule has 2 fully saturated rings. The van der Waals surface area contributed by atoms with Crippen molar-refractivity contribution in [3.05, 3.63) is 56.4 Å². The molecular weight excluding hydrogens is 502 g/mol. The molecule has 2 N–H and O–H groups in total. The summed E-state index contributed by atoms with van der Waals surface area (Å²) in [6.45, 7) is 3.65. The van der Waals surface area contributed by atoms with Gasteiger partial charge in [0.15, 0.2) is 0 Å². The van der Waals surface area contributed by atoms with E-state index in [9.17, 15) is 14.0 Å². The van der Waals surface area contributed by atoms with Gasteiger partial charge in [-0.25, -0.2) is 9.87 Å². The third kappa shape index (κ3) is 6.17. The van der Waals surface area contributed by atoms with Gasteiger partial charge in [0.1, 0.15) is 5.82 Å². The predicted octanol–water partition coefficient (Wildman–Crippen LogP) is 3.04. The molecule has 2 aliphatic rings. The maximum absolute atomic E-state index is 15.2. The Morgan fingerprint density at radius 1 is 1.21 bits per heavy atom. The number of hydrogen-bond donors (Lipinski definition) is 2. The minimum Gasteiger partial charge on any atom is -0.379 e. The molecule has 0 bridgehead atoms. The summed E-state index contributed by atoms with van der Waals surface area (Å²) in [6, 6.07) is 4.14. The number of benzene rings is 1. The minimum atomic E-state index is -1.17. The van der Waals surface area contributed by atoms with Gasteiger partial charge in [0, 0.05) is 36.8 Å². The Morgan fingerprint density at radius 3 is 2.67 bits per heavy atom. The van der Waals surface area contributed by atoms with Crippen LogP contribution >= 0.6 is 15.9 Å². The van der Waals surface area contributed by atoms with E-state index >= 15 is 4.39 Å². The highest BCUT2D eigenvalue weighted by Crippen LogP contribution is 2.29. The van der Waals surface area contributed by atoms with Crippen molar-refractivity contribution in [2.24, 2.45) is 5.92 Å². The summed E-state index contributed by atoms with van der Waals surface area (Å²) in [5.74, 6) is -2.17. The summed E-state index contributed by atoms with van der Waals surface area (Å²) in [5.41, 5.74) is 0.767. The summed E-state index contributed by atoms with van der Waals surface area (Å²) in [5, 5.41) is 2.57. The third-order valence-corrected chi connectivity index (χ3v) is 6.09. The molecule has 1 aliphatic heterocycles. The fourth-order valence-electron chi connectivity index (χ4n) is 3.45. The normalized spacial score (nSPS) is 16.6. The van der Waals surface area contributed by atoms with Crippen LogP contribution in [0.4, 0.5) is 20.2 Å². The number of hydrogen-bond acceptors (Lipinski definition) is 6. The van der Waals surface area contributed by atoms with Gasteiger partial charge in [-0.05, 0) is 37.0 Å². The van der Waals surface area contributed by atoms with Gasteiger partial charge in [-0.15, -0.1) is 0 Å². The summed E-state index contributed by atoms with van der Waals surface area (Å²) in [6.07, 6.45) is 3.35. The smallest absolute Gasteiger partial charge is 0.288 e. The van der Waals surface area contributed by atoms with E-state index in [1.807, 2.05) is 0 Å². The number of pyridine rings is 1. The van der Waals surface area contributed by atoms with Crippen LogP contribution in [-0.2, 0) is 16.1 Å². The summed E-state index contributed by atoms with van der Waals surface area (Å²) in [4.78, 5) is 32.9. The van der Waals surface area contributed by atoms with Crippen molar-refractivity contribution < 1.29 is 23.1 Å². The molecule has 2 aromatic rings. The van der Waals surface area contributed by atoms with E-state index < -0.39 is 28.8 Å². The molecule has 178 valence electrons. The quantitative estimate of drug-likeness (QED) is 0.488. The van der Waals surface area contributed by atoms with E-state index in [0.29, 0.717) is 49.8 Å². The first kappa shape index (κ1) is 23.8. The SMILES string of the molecule is O=C(NOCC1CC1)c1cn(CCN2CCOCC2)c(=O)c(F)c1Nc1ccc(Br)cc1F. The van der Waals surface area contributed by atoms with Crippen LogP contribution in [0.15, 0.2) is 33.7 Å². The Labute approximate surface area is 197 Å². The van der Waals surface area contributed by atoms with Gasteiger partial charge in [0.25, 0.3) is 11.5 Å². The minimum absolute atomic E-state index is 0.0736. The number of anilines is 2. The number of ether oxygens (including phenoxy) is 1. The van der Waals surface area contributed by atoms with Crippen LogP contribution < -0.4 is 16.4 Å². The van der Waals surface area contributed by atoms with Crippen molar-refractivity contribution in [2.45, 2.75) is 19.4 Å². The maximum Gasteiger partial charge on any atom is 0.288 e. The van der Waals surface area contributed by atoms with E-state index in [0.717, 1.165) is 17.4 Å². The fourth-order valence-corrected chi connectivity index (χ4v) is 3.79. The second-order valence-electron chi connectivity index (χ2n) is 8.12. The largest absolute Gasteiger partial charge is 0.379 e. The van der Waals surface area contributed by atoms with E-state index in [4.69, 9.17) is 9.57 Å². The molecule has 11 heteroatoms. The van der Waals surface area contributed by atoms with Gasteiger partial charge in [-0.1, -0.05) is 15.9 Å². The van der Waals surface area contributed by atoms with Crippen LogP contribution in [0.2, 0.25) is 0 Å². The van der Waals surface area contributed by atoms with E-state index in [-0.39, 0.29) is 17.8 Å². The van der Waals surface area contributed by atoms with Gasteiger partial charge in [0.05, 0.1) is 36.8 Å². The van der Waals surface area contributed by atoms with Gasteiger partial charge >= 0.3 is 0 Å². The van der Waals surface area contributed by atoms with Crippen LogP contribution in [0, 0.1) is 17.6 Å². The van der Waals surface area contributed by atoms with Crippen LogP contribution in [0.3, 0.4) is 0 Å². The molecule has 1 aromatic heterocycles. The van der Waals surface area contributed by atoms with Gasteiger partial charge in [-0.3, -0.25) is 19.3 Å². The molecule has 8 nitrogen and oxygen atoms in total. The maximum atomic E-state index is 15.2. The van der Waals surface area contributed by atoms with Gasteiger partial charge in [0.2, 0.25) is 5.82 Å². The zero-order valence-electron chi connectivity index (χ0n) is 17.9. The van der Waals surface area contributed by atoms with Crippen molar-refractivity contribution in [1.82, 2.24) is 14.9 Å². The zero-order valence-corrected chi connectivity index (χ0v) is 19.5. The van der Waals surface area contributed by atoms with E-state index in [1.54, 1.807) is 6.07 Å². The first-order chi connectivity index (χ1) is 15.9. The molecule has 1 saturated heterocycles. The molecule has 4 rings (SSSR count). The number of nitrogens with zero attached hydrogens (tertiary/aromatic N) is 2. The standard InChI is InChI=1S/C22H25BrF2N4O4/c23-15-3-4-18(17(24)11-15)26-20-16(21(30)27-33-13-14-1-2-14)12-29(22(31)19(20)25)6-5-28-7-9-32-10-8-28/h3-4,11-12,14,26H,1-2,5-10,13H2,(H,27,30). The summed E-state index contributed by atoms with van der Waals surface area (Å²) >= 11 is 3.16. The molecule has 33 heavy (non-hydrogen) atoms. The average molecular weight is 527 g/mol. The zero-order chi connectivity index (χ0) is 23.4. The molecule has 1 saturated carbocycles. The number of carbonyl (C=O) groups is 1. The Bertz CT molecular complexity index is 1070. The average Bonchev–Trinajstić information content (AvgIpc) is 3.63. The van der Waals surface area contributed by atoms with Crippen LogP contribution in [0.5, 0.6) is 0 Å². The lowest BCUT2D eigenvalue weighted by molar-refractivity contribution is 0.0269. The van der Waals surface area contributed by atoms with Crippen molar-refractivity contribution in [1.29, 1.82) is 0 Å². The molecule has 0 radical (unpaired) electrons. The highest BCUT2D eigenvalue weighted by molar-refractivity contribution is 9.10. The number of halogens is 3. The molecule has 1 aliphatic carbocycles. The number of carbonyl (C=O) groups excluding carboxylic acids is 1. The molecule has 0 atom stereocenters. The second-order valence-corrected chi connectivity index (χ2v) is 9.03. The van der Waals surface area contributed by atoms with Crippen molar-refractivity contribution >= 4 is 33.2 Å². The van der Waals surface area contributed by atoms with Crippen LogP contribution in [-0.4, -0.2) is 54.8 Å². The molecule has 1 amide bonds. The number of hydroxylamine groups is 1. The number of amides is 1. The van der Waals surface area contributed by atoms with Crippen LogP contribution in [0.25, 0.3) is 0 Å². The number of nitrogens with one attached hydrogen (secondary N) is 2. The van der Waals surface area contributed by atoms with Crippen molar-refractivity contribution in [3.8, 4) is 0 Å². The highest BCUT2D eigenvalue weighted by atomic mass is 79.9. The molecule has 0 unspecified atom stereocenters. The predicted molar refractivity (Wildman–Crippen MR) is 121 cm³/mol.